The molecule has 5 nitrogen and oxygen atoms in total. The number of carbonyl (C=O) groups is 2. The van der Waals surface area contributed by atoms with Gasteiger partial charge < -0.3 is 10.6 Å². The Kier molecular flexibility index (Phi) is 6.68. The van der Waals surface area contributed by atoms with Gasteiger partial charge in [-0.3, -0.25) is 14.6 Å². The van der Waals surface area contributed by atoms with E-state index in [0.717, 1.165) is 11.1 Å². The van der Waals surface area contributed by atoms with Crippen LogP contribution in [0.2, 0.25) is 0 Å². The number of halogens is 1. The van der Waals surface area contributed by atoms with Gasteiger partial charge in [0.2, 0.25) is 0 Å². The summed E-state index contributed by atoms with van der Waals surface area (Å²) in [6.07, 6.45) is 1.81. The molecule has 0 aliphatic heterocycles. The lowest BCUT2D eigenvalue weighted by Gasteiger charge is -2.08. The average Bonchev–Trinajstić information content (AvgIpc) is 2.73. The third-order valence-electron chi connectivity index (χ3n) is 4.43. The molecule has 2 amide bonds. The van der Waals surface area contributed by atoms with E-state index in [1.165, 1.54) is 24.4 Å². The number of aryl methyl sites for hydroxylation is 1. The Balaban J connectivity index is 1.55. The van der Waals surface area contributed by atoms with Crippen LogP contribution in [0.5, 0.6) is 0 Å². The van der Waals surface area contributed by atoms with Gasteiger partial charge in [0.25, 0.3) is 11.8 Å². The third kappa shape index (κ3) is 5.72. The predicted octanol–water partition coefficient (Wildman–Crippen LogP) is 3.43. The highest BCUT2D eigenvalue weighted by Crippen LogP contribution is 2.08. The maximum absolute atomic E-state index is 13.6. The molecular formula is C23H22FN3O2. The molecule has 6 heteroatoms. The molecular weight excluding hydrogens is 369 g/mol. The van der Waals surface area contributed by atoms with Gasteiger partial charge in [-0.25, -0.2) is 4.39 Å². The molecule has 148 valence electrons. The molecule has 0 aliphatic rings. The van der Waals surface area contributed by atoms with E-state index in [2.05, 4.69) is 15.6 Å². The smallest absolute Gasteiger partial charge is 0.270 e. The largest absolute Gasteiger partial charge is 0.352 e. The predicted molar refractivity (Wildman–Crippen MR) is 109 cm³/mol. The van der Waals surface area contributed by atoms with Gasteiger partial charge in [-0.15, -0.1) is 0 Å². The standard InChI is InChI=1S/C23H22FN3O2/c1-16-5-4-6-17(13-16)15-27-23(29)21-14-19(10-11-25-21)22(28)26-12-9-18-7-2-3-8-20(18)24/h2-8,10-11,13-14H,9,12,15H2,1H3,(H,26,28)(H,27,29). The number of rotatable bonds is 7. The minimum Gasteiger partial charge on any atom is -0.352 e. The van der Waals surface area contributed by atoms with Crippen molar-refractivity contribution in [2.24, 2.45) is 0 Å². The van der Waals surface area contributed by atoms with Crippen LogP contribution in [0.1, 0.15) is 37.5 Å². The average molecular weight is 391 g/mol. The van der Waals surface area contributed by atoms with E-state index in [-0.39, 0.29) is 29.9 Å². The van der Waals surface area contributed by atoms with Gasteiger partial charge in [0.1, 0.15) is 11.5 Å². The van der Waals surface area contributed by atoms with Gasteiger partial charge in [-0.05, 0) is 42.7 Å². The second-order valence-electron chi connectivity index (χ2n) is 6.70. The van der Waals surface area contributed by atoms with Gasteiger partial charge in [0, 0.05) is 24.8 Å². The van der Waals surface area contributed by atoms with Crippen molar-refractivity contribution in [2.45, 2.75) is 19.9 Å². The van der Waals surface area contributed by atoms with Crippen LogP contribution in [-0.4, -0.2) is 23.3 Å². The number of nitrogens with one attached hydrogen (secondary N) is 2. The van der Waals surface area contributed by atoms with Crippen LogP contribution in [0.3, 0.4) is 0 Å². The first kappa shape index (κ1) is 20.2. The number of amides is 2. The normalized spacial score (nSPS) is 10.4. The second kappa shape index (κ2) is 9.59. The van der Waals surface area contributed by atoms with Crippen LogP contribution in [-0.2, 0) is 13.0 Å². The van der Waals surface area contributed by atoms with E-state index in [4.69, 9.17) is 0 Å². The highest BCUT2D eigenvalue weighted by Gasteiger charge is 2.12. The lowest BCUT2D eigenvalue weighted by atomic mass is 10.1. The SMILES string of the molecule is Cc1cccc(CNC(=O)c2cc(C(=O)NCCc3ccccc3F)ccn2)c1. The molecule has 3 aromatic rings. The number of hydrogen-bond acceptors (Lipinski definition) is 3. The number of benzene rings is 2. The molecule has 0 aliphatic carbocycles. The molecule has 2 aromatic carbocycles. The van der Waals surface area contributed by atoms with Crippen LogP contribution in [0, 0.1) is 12.7 Å². The Morgan fingerprint density at radius 1 is 0.966 bits per heavy atom. The fourth-order valence-electron chi connectivity index (χ4n) is 2.90. The van der Waals surface area contributed by atoms with Crippen molar-refractivity contribution in [3.8, 4) is 0 Å². The summed E-state index contributed by atoms with van der Waals surface area (Å²) in [5.74, 6) is -0.984. The summed E-state index contributed by atoms with van der Waals surface area (Å²) >= 11 is 0. The van der Waals surface area contributed by atoms with E-state index in [0.29, 0.717) is 24.1 Å². The summed E-state index contributed by atoms with van der Waals surface area (Å²) in [5, 5.41) is 5.54. The molecule has 0 unspecified atom stereocenters. The zero-order valence-corrected chi connectivity index (χ0v) is 16.1. The lowest BCUT2D eigenvalue weighted by Crippen LogP contribution is -2.27. The fraction of sp³-hybridized carbons (Fsp3) is 0.174. The van der Waals surface area contributed by atoms with E-state index in [1.54, 1.807) is 18.2 Å². The van der Waals surface area contributed by atoms with Crippen LogP contribution in [0.4, 0.5) is 4.39 Å². The van der Waals surface area contributed by atoms with Crippen molar-refractivity contribution in [3.63, 3.8) is 0 Å². The van der Waals surface area contributed by atoms with E-state index < -0.39 is 0 Å². The fourth-order valence-corrected chi connectivity index (χ4v) is 2.90. The zero-order chi connectivity index (χ0) is 20.6. The van der Waals surface area contributed by atoms with Crippen LogP contribution >= 0.6 is 0 Å². The minimum atomic E-state index is -0.354. The molecule has 0 radical (unpaired) electrons. The Morgan fingerprint density at radius 2 is 1.79 bits per heavy atom. The molecule has 0 bridgehead atoms. The Hall–Kier alpha value is -3.54. The monoisotopic (exact) mass is 391 g/mol. The van der Waals surface area contributed by atoms with Crippen LogP contribution in [0.25, 0.3) is 0 Å². The molecule has 0 atom stereocenters. The highest BCUT2D eigenvalue weighted by molar-refractivity contribution is 5.98. The summed E-state index contributed by atoms with van der Waals surface area (Å²) in [7, 11) is 0. The molecule has 2 N–H and O–H groups in total. The van der Waals surface area contributed by atoms with Crippen LogP contribution in [0.15, 0.2) is 66.9 Å². The quantitative estimate of drug-likeness (QED) is 0.648. The number of carbonyl (C=O) groups excluding carboxylic acids is 2. The van der Waals surface area contributed by atoms with Crippen molar-refractivity contribution in [1.29, 1.82) is 0 Å². The van der Waals surface area contributed by atoms with E-state index in [9.17, 15) is 14.0 Å². The summed E-state index contributed by atoms with van der Waals surface area (Å²) in [6, 6.07) is 17.3. The maximum atomic E-state index is 13.6. The molecule has 0 fully saturated rings. The first-order valence-electron chi connectivity index (χ1n) is 9.34. The molecule has 3 rings (SSSR count). The number of hydrogen-bond donors (Lipinski definition) is 2. The molecule has 1 heterocycles. The molecule has 0 spiro atoms. The van der Waals surface area contributed by atoms with Crippen LogP contribution < -0.4 is 10.6 Å². The maximum Gasteiger partial charge on any atom is 0.270 e. The molecule has 1 aromatic heterocycles. The Bertz CT molecular complexity index is 1020. The van der Waals surface area contributed by atoms with Gasteiger partial charge >= 0.3 is 0 Å². The first-order valence-corrected chi connectivity index (χ1v) is 9.34. The second-order valence-corrected chi connectivity index (χ2v) is 6.70. The van der Waals surface area contributed by atoms with E-state index in [1.807, 2.05) is 31.2 Å². The molecule has 0 saturated carbocycles. The van der Waals surface area contributed by atoms with Crippen molar-refractivity contribution in [2.75, 3.05) is 6.54 Å². The summed E-state index contributed by atoms with van der Waals surface area (Å²) in [5.41, 5.74) is 3.14. The van der Waals surface area contributed by atoms with Crippen molar-refractivity contribution in [3.05, 3.63) is 101 Å². The number of nitrogens with zero attached hydrogens (tertiary/aromatic N) is 1. The van der Waals surface area contributed by atoms with Gasteiger partial charge in [0.15, 0.2) is 0 Å². The summed E-state index contributed by atoms with van der Waals surface area (Å²) in [4.78, 5) is 28.8. The van der Waals surface area contributed by atoms with E-state index >= 15 is 0 Å². The Labute approximate surface area is 169 Å². The van der Waals surface area contributed by atoms with Gasteiger partial charge in [-0.1, -0.05) is 48.0 Å². The number of aromatic nitrogens is 1. The highest BCUT2D eigenvalue weighted by atomic mass is 19.1. The zero-order valence-electron chi connectivity index (χ0n) is 16.1. The van der Waals surface area contributed by atoms with Crippen molar-refractivity contribution >= 4 is 11.8 Å². The van der Waals surface area contributed by atoms with Gasteiger partial charge in [0.05, 0.1) is 0 Å². The lowest BCUT2D eigenvalue weighted by molar-refractivity contribution is 0.0946. The molecule has 29 heavy (non-hydrogen) atoms. The minimum absolute atomic E-state index is 0.166. The summed E-state index contributed by atoms with van der Waals surface area (Å²) < 4.78 is 13.6. The third-order valence-corrected chi connectivity index (χ3v) is 4.43. The molecule has 0 saturated heterocycles. The topological polar surface area (TPSA) is 71.1 Å². The van der Waals surface area contributed by atoms with Crippen molar-refractivity contribution < 1.29 is 14.0 Å². The van der Waals surface area contributed by atoms with Gasteiger partial charge in [-0.2, -0.15) is 0 Å². The van der Waals surface area contributed by atoms with Crippen molar-refractivity contribution in [1.82, 2.24) is 15.6 Å². The Morgan fingerprint density at radius 3 is 2.59 bits per heavy atom. The first-order chi connectivity index (χ1) is 14.0. The number of pyridine rings is 1. The summed E-state index contributed by atoms with van der Waals surface area (Å²) in [6.45, 7) is 2.65.